The fraction of sp³-hybridized carbons (Fsp3) is 0.500. The normalized spacial score (nSPS) is 16.3. The van der Waals surface area contributed by atoms with Crippen LogP contribution in [0.4, 0.5) is 0 Å². The Labute approximate surface area is 123 Å². The Morgan fingerprint density at radius 2 is 2.21 bits per heavy atom. The molecule has 0 aromatic heterocycles. The third-order valence-electron chi connectivity index (χ3n) is 3.27. The minimum absolute atomic E-state index is 0.395. The van der Waals surface area contributed by atoms with E-state index in [0.717, 1.165) is 42.3 Å². The van der Waals surface area contributed by atoms with E-state index < -0.39 is 0 Å². The first-order valence-electron chi connectivity index (χ1n) is 6.39. The lowest BCUT2D eigenvalue weighted by molar-refractivity contribution is 0.0497. The highest BCUT2D eigenvalue weighted by molar-refractivity contribution is 7.98. The van der Waals surface area contributed by atoms with Gasteiger partial charge in [0.1, 0.15) is 10.7 Å². The lowest BCUT2D eigenvalue weighted by Gasteiger charge is -2.23. The summed E-state index contributed by atoms with van der Waals surface area (Å²) < 4.78 is 11.3. The predicted octanol–water partition coefficient (Wildman–Crippen LogP) is 2.85. The molecular weight excluding hydrogens is 278 g/mol. The lowest BCUT2D eigenvalue weighted by atomic mass is 10.0. The summed E-state index contributed by atoms with van der Waals surface area (Å²) in [7, 11) is 0. The second kappa shape index (κ2) is 7.12. The van der Waals surface area contributed by atoms with Crippen LogP contribution in [-0.4, -0.2) is 31.1 Å². The van der Waals surface area contributed by atoms with Gasteiger partial charge in [-0.25, -0.2) is 0 Å². The van der Waals surface area contributed by atoms with Gasteiger partial charge in [0, 0.05) is 18.1 Å². The van der Waals surface area contributed by atoms with E-state index in [1.165, 1.54) is 0 Å². The van der Waals surface area contributed by atoms with Crippen molar-refractivity contribution in [1.29, 1.82) is 0 Å². The summed E-state index contributed by atoms with van der Waals surface area (Å²) in [6, 6.07) is 5.93. The summed E-state index contributed by atoms with van der Waals surface area (Å²) in [6.07, 6.45) is 4.13. The maximum atomic E-state index is 5.94. The molecule has 104 valence electrons. The fourth-order valence-corrected chi connectivity index (χ4v) is 3.07. The highest BCUT2D eigenvalue weighted by Crippen LogP contribution is 2.29. The molecule has 0 aliphatic carbocycles. The third kappa shape index (κ3) is 3.84. The number of ether oxygens (including phenoxy) is 2. The summed E-state index contributed by atoms with van der Waals surface area (Å²) in [5.74, 6) is 1.36. The standard InChI is InChI=1S/C14H19NO2S2/c1-19-12-4-2-3-11(13(12)14(15)18)17-9-10-5-7-16-8-6-10/h2-4,10H,5-9H2,1H3,(H2,15,18). The topological polar surface area (TPSA) is 44.5 Å². The minimum Gasteiger partial charge on any atom is -0.493 e. The molecule has 2 rings (SSSR count). The van der Waals surface area contributed by atoms with Crippen molar-refractivity contribution in [2.24, 2.45) is 11.7 Å². The van der Waals surface area contributed by atoms with Crippen molar-refractivity contribution in [1.82, 2.24) is 0 Å². The van der Waals surface area contributed by atoms with Crippen LogP contribution in [0.5, 0.6) is 5.75 Å². The Hall–Kier alpha value is -0.780. The Kier molecular flexibility index (Phi) is 5.48. The molecule has 0 atom stereocenters. The van der Waals surface area contributed by atoms with E-state index in [-0.39, 0.29) is 0 Å². The van der Waals surface area contributed by atoms with Gasteiger partial charge in [0.15, 0.2) is 0 Å². The summed E-state index contributed by atoms with van der Waals surface area (Å²) in [6.45, 7) is 2.37. The second-order valence-corrected chi connectivity index (χ2v) is 5.85. The zero-order chi connectivity index (χ0) is 13.7. The molecule has 1 fully saturated rings. The Morgan fingerprint density at radius 1 is 1.47 bits per heavy atom. The molecule has 0 radical (unpaired) electrons. The molecule has 1 aromatic carbocycles. The van der Waals surface area contributed by atoms with Crippen LogP contribution in [0, 0.1) is 5.92 Å². The number of hydrogen-bond acceptors (Lipinski definition) is 4. The van der Waals surface area contributed by atoms with Gasteiger partial charge in [-0.15, -0.1) is 11.8 Å². The number of thiocarbonyl (C=S) groups is 1. The van der Waals surface area contributed by atoms with Gasteiger partial charge in [-0.3, -0.25) is 0 Å². The van der Waals surface area contributed by atoms with Gasteiger partial charge >= 0.3 is 0 Å². The van der Waals surface area contributed by atoms with E-state index >= 15 is 0 Å². The van der Waals surface area contributed by atoms with E-state index in [1.807, 2.05) is 24.5 Å². The number of hydrogen-bond donors (Lipinski definition) is 1. The molecule has 0 unspecified atom stereocenters. The summed E-state index contributed by atoms with van der Waals surface area (Å²) >= 11 is 6.77. The van der Waals surface area contributed by atoms with E-state index in [4.69, 9.17) is 27.4 Å². The fourth-order valence-electron chi connectivity index (χ4n) is 2.16. The molecule has 2 N–H and O–H groups in total. The van der Waals surface area contributed by atoms with E-state index in [2.05, 4.69) is 0 Å². The molecule has 0 bridgehead atoms. The highest BCUT2D eigenvalue weighted by atomic mass is 32.2. The van der Waals surface area contributed by atoms with Crippen molar-refractivity contribution < 1.29 is 9.47 Å². The molecule has 0 spiro atoms. The van der Waals surface area contributed by atoms with E-state index in [0.29, 0.717) is 17.5 Å². The lowest BCUT2D eigenvalue weighted by Crippen LogP contribution is -2.22. The molecule has 19 heavy (non-hydrogen) atoms. The summed E-state index contributed by atoms with van der Waals surface area (Å²) in [5, 5.41) is 0. The largest absolute Gasteiger partial charge is 0.493 e. The van der Waals surface area contributed by atoms with Crippen molar-refractivity contribution in [3.8, 4) is 5.75 Å². The highest BCUT2D eigenvalue weighted by Gasteiger charge is 2.17. The van der Waals surface area contributed by atoms with E-state index in [9.17, 15) is 0 Å². The molecule has 1 saturated heterocycles. The van der Waals surface area contributed by atoms with Crippen LogP contribution in [-0.2, 0) is 4.74 Å². The molecular formula is C14H19NO2S2. The summed E-state index contributed by atoms with van der Waals surface area (Å²) in [5.41, 5.74) is 6.68. The average molecular weight is 297 g/mol. The van der Waals surface area contributed by atoms with Crippen LogP contribution < -0.4 is 10.5 Å². The zero-order valence-electron chi connectivity index (χ0n) is 11.1. The van der Waals surface area contributed by atoms with Gasteiger partial charge in [0.25, 0.3) is 0 Å². The number of nitrogens with two attached hydrogens (primary N) is 1. The maximum Gasteiger partial charge on any atom is 0.130 e. The Morgan fingerprint density at radius 3 is 2.84 bits per heavy atom. The van der Waals surface area contributed by atoms with Gasteiger partial charge in [-0.05, 0) is 37.1 Å². The van der Waals surface area contributed by atoms with Crippen LogP contribution in [0.3, 0.4) is 0 Å². The van der Waals surface area contributed by atoms with E-state index in [1.54, 1.807) is 11.8 Å². The average Bonchev–Trinajstić information content (AvgIpc) is 2.45. The Balaban J connectivity index is 2.08. The first kappa shape index (κ1) is 14.6. The zero-order valence-corrected chi connectivity index (χ0v) is 12.7. The van der Waals surface area contributed by atoms with Crippen molar-refractivity contribution in [2.45, 2.75) is 17.7 Å². The number of rotatable bonds is 5. The molecule has 0 amide bonds. The van der Waals surface area contributed by atoms with Gasteiger partial charge in [-0.2, -0.15) is 0 Å². The number of thioether (sulfide) groups is 1. The monoisotopic (exact) mass is 297 g/mol. The molecule has 1 heterocycles. The van der Waals surface area contributed by atoms with Gasteiger partial charge in [0.05, 0.1) is 12.2 Å². The first-order chi connectivity index (χ1) is 9.22. The van der Waals surface area contributed by atoms with Crippen LogP contribution in [0.25, 0.3) is 0 Å². The molecule has 1 aromatic rings. The van der Waals surface area contributed by atoms with Crippen LogP contribution in [0.15, 0.2) is 23.1 Å². The molecule has 1 aliphatic heterocycles. The predicted molar refractivity (Wildman–Crippen MR) is 83.1 cm³/mol. The molecule has 3 nitrogen and oxygen atoms in total. The molecule has 5 heteroatoms. The molecule has 0 saturated carbocycles. The molecule has 1 aliphatic rings. The van der Waals surface area contributed by atoms with Crippen molar-refractivity contribution in [3.63, 3.8) is 0 Å². The van der Waals surface area contributed by atoms with Gasteiger partial charge in [0.2, 0.25) is 0 Å². The summed E-state index contributed by atoms with van der Waals surface area (Å²) in [4.78, 5) is 1.46. The van der Waals surface area contributed by atoms with Crippen LogP contribution >= 0.6 is 24.0 Å². The van der Waals surface area contributed by atoms with Gasteiger partial charge in [-0.1, -0.05) is 18.3 Å². The Bertz CT molecular complexity index is 445. The smallest absolute Gasteiger partial charge is 0.130 e. The number of benzene rings is 1. The quantitative estimate of drug-likeness (QED) is 0.669. The van der Waals surface area contributed by atoms with Crippen molar-refractivity contribution in [2.75, 3.05) is 26.1 Å². The minimum atomic E-state index is 0.395. The van der Waals surface area contributed by atoms with Crippen molar-refractivity contribution >= 4 is 29.0 Å². The second-order valence-electron chi connectivity index (χ2n) is 4.56. The maximum absolute atomic E-state index is 5.94. The SMILES string of the molecule is CSc1cccc(OCC2CCOCC2)c1C(N)=S. The third-order valence-corrected chi connectivity index (χ3v) is 4.25. The van der Waals surface area contributed by atoms with Crippen LogP contribution in [0.1, 0.15) is 18.4 Å². The van der Waals surface area contributed by atoms with Crippen molar-refractivity contribution in [3.05, 3.63) is 23.8 Å². The van der Waals surface area contributed by atoms with Gasteiger partial charge < -0.3 is 15.2 Å². The first-order valence-corrected chi connectivity index (χ1v) is 8.03. The van der Waals surface area contributed by atoms with Crippen LogP contribution in [0.2, 0.25) is 0 Å².